The van der Waals surface area contributed by atoms with Crippen molar-refractivity contribution in [1.82, 2.24) is 10.2 Å². The molecule has 0 heterocycles. The number of benzene rings is 2. The van der Waals surface area contributed by atoms with E-state index < -0.39 is 0 Å². The van der Waals surface area contributed by atoms with Crippen LogP contribution < -0.4 is 10.6 Å². The van der Waals surface area contributed by atoms with Crippen LogP contribution >= 0.6 is 0 Å². The number of nitrogens with one attached hydrogen (secondary N) is 2. The van der Waals surface area contributed by atoms with Crippen LogP contribution in [-0.2, 0) is 11.3 Å². The van der Waals surface area contributed by atoms with Crippen molar-refractivity contribution in [2.75, 3.05) is 26.0 Å². The summed E-state index contributed by atoms with van der Waals surface area (Å²) in [6.45, 7) is 2.99. The first-order valence-electron chi connectivity index (χ1n) is 7.91. The number of aliphatic imine (C=N–C) groups is 1. The molecule has 0 bridgehead atoms. The topological polar surface area (TPSA) is 56.7 Å². The minimum Gasteiger partial charge on any atom is -0.347 e. The van der Waals surface area contributed by atoms with Crippen molar-refractivity contribution in [1.29, 1.82) is 0 Å². The first-order chi connectivity index (χ1) is 11.6. The Bertz CT molecular complexity index is 698. The summed E-state index contributed by atoms with van der Waals surface area (Å²) in [4.78, 5) is 18.3. The lowest BCUT2D eigenvalue weighted by Crippen LogP contribution is -2.42. The molecule has 2 aromatic rings. The highest BCUT2D eigenvalue weighted by Crippen LogP contribution is 2.09. The summed E-state index contributed by atoms with van der Waals surface area (Å²) >= 11 is 0. The molecule has 5 nitrogen and oxygen atoms in total. The quantitative estimate of drug-likeness (QED) is 0.657. The second-order valence-corrected chi connectivity index (χ2v) is 5.60. The molecule has 1 amide bonds. The van der Waals surface area contributed by atoms with Gasteiger partial charge < -0.3 is 15.5 Å². The summed E-state index contributed by atoms with van der Waals surface area (Å²) in [5, 5.41) is 5.94. The minimum atomic E-state index is -0.105. The number of para-hydroxylation sites is 1. The molecule has 0 radical (unpaired) electrons. The molecule has 0 aliphatic rings. The molecule has 0 atom stereocenters. The highest BCUT2D eigenvalue weighted by Gasteiger charge is 2.10. The van der Waals surface area contributed by atoms with Crippen LogP contribution in [0, 0.1) is 6.92 Å². The summed E-state index contributed by atoms with van der Waals surface area (Å²) in [7, 11) is 3.67. The number of aryl methyl sites for hydroxylation is 1. The molecule has 2 rings (SSSR count). The molecule has 2 N–H and O–H groups in total. The van der Waals surface area contributed by atoms with Crippen molar-refractivity contribution < 1.29 is 4.79 Å². The number of hydrogen-bond donors (Lipinski definition) is 2. The van der Waals surface area contributed by atoms with Crippen LogP contribution in [0.5, 0.6) is 0 Å². The predicted molar refractivity (Wildman–Crippen MR) is 99.1 cm³/mol. The fourth-order valence-electron chi connectivity index (χ4n) is 2.39. The summed E-state index contributed by atoms with van der Waals surface area (Å²) in [5.74, 6) is 0.577. The van der Waals surface area contributed by atoms with E-state index in [1.807, 2.05) is 54.4 Å². The van der Waals surface area contributed by atoms with Crippen molar-refractivity contribution >= 4 is 17.6 Å². The van der Waals surface area contributed by atoms with Gasteiger partial charge in [-0.05, 0) is 30.2 Å². The van der Waals surface area contributed by atoms with Gasteiger partial charge in [0, 0.05) is 26.3 Å². The van der Waals surface area contributed by atoms with Crippen molar-refractivity contribution in [3.8, 4) is 0 Å². The van der Waals surface area contributed by atoms with Gasteiger partial charge in [-0.25, -0.2) is 0 Å². The zero-order valence-electron chi connectivity index (χ0n) is 14.4. The molecule has 126 valence electrons. The van der Waals surface area contributed by atoms with Gasteiger partial charge in [-0.2, -0.15) is 0 Å². The van der Waals surface area contributed by atoms with Gasteiger partial charge in [0.1, 0.15) is 0 Å². The molecule has 0 saturated heterocycles. The van der Waals surface area contributed by atoms with Gasteiger partial charge in [0.15, 0.2) is 5.96 Å². The van der Waals surface area contributed by atoms with E-state index in [4.69, 9.17) is 0 Å². The maximum Gasteiger partial charge on any atom is 0.243 e. The van der Waals surface area contributed by atoms with E-state index in [9.17, 15) is 4.79 Å². The van der Waals surface area contributed by atoms with Crippen molar-refractivity contribution in [3.05, 3.63) is 65.7 Å². The molecule has 0 spiro atoms. The molecule has 0 aliphatic carbocycles. The van der Waals surface area contributed by atoms with Gasteiger partial charge in [0.2, 0.25) is 5.91 Å². The van der Waals surface area contributed by atoms with Crippen molar-refractivity contribution in [2.24, 2.45) is 4.99 Å². The molecule has 24 heavy (non-hydrogen) atoms. The van der Waals surface area contributed by atoms with Gasteiger partial charge in [-0.15, -0.1) is 0 Å². The van der Waals surface area contributed by atoms with Crippen molar-refractivity contribution in [3.63, 3.8) is 0 Å². The fourth-order valence-corrected chi connectivity index (χ4v) is 2.39. The van der Waals surface area contributed by atoms with E-state index in [1.54, 1.807) is 7.05 Å². The number of rotatable bonds is 5. The Hall–Kier alpha value is -2.82. The first-order valence-corrected chi connectivity index (χ1v) is 7.91. The number of carbonyl (C=O) groups is 1. The largest absolute Gasteiger partial charge is 0.347 e. The average molecular weight is 324 g/mol. The number of guanidine groups is 1. The third-order valence-electron chi connectivity index (χ3n) is 3.71. The molecule has 5 heteroatoms. The summed E-state index contributed by atoms with van der Waals surface area (Å²) < 4.78 is 0. The first kappa shape index (κ1) is 17.5. The molecule has 0 aliphatic heterocycles. The van der Waals surface area contributed by atoms with E-state index in [0.29, 0.717) is 5.96 Å². The minimum absolute atomic E-state index is 0.105. The Balaban J connectivity index is 1.87. The molecule has 0 saturated carbocycles. The summed E-state index contributed by atoms with van der Waals surface area (Å²) in [6.07, 6.45) is 0. The zero-order valence-corrected chi connectivity index (χ0v) is 14.4. The zero-order chi connectivity index (χ0) is 17.4. The standard InChI is InChI=1S/C19H24N4O/c1-15-9-7-8-10-16(15)14-23(3)19(20-2)21-13-18(24)22-17-11-5-4-6-12-17/h4-12H,13-14H2,1-3H3,(H,20,21)(H,22,24). The van der Waals surface area contributed by atoms with Crippen LogP contribution in [0.25, 0.3) is 0 Å². The van der Waals surface area contributed by atoms with Crippen LogP contribution in [-0.4, -0.2) is 37.4 Å². The summed E-state index contributed by atoms with van der Waals surface area (Å²) in [6, 6.07) is 17.6. The number of carbonyl (C=O) groups excluding carboxylic acids is 1. The Morgan fingerprint density at radius 1 is 1.08 bits per heavy atom. The highest BCUT2D eigenvalue weighted by atomic mass is 16.1. The monoisotopic (exact) mass is 324 g/mol. The smallest absolute Gasteiger partial charge is 0.243 e. The maximum absolute atomic E-state index is 12.0. The van der Waals surface area contributed by atoms with E-state index in [2.05, 4.69) is 34.7 Å². The predicted octanol–water partition coefficient (Wildman–Crippen LogP) is 2.64. The molecule has 0 fully saturated rings. The number of amides is 1. The summed E-state index contributed by atoms with van der Waals surface area (Å²) in [5.41, 5.74) is 3.26. The normalized spacial score (nSPS) is 11.0. The van der Waals surface area contributed by atoms with Gasteiger partial charge in [-0.3, -0.25) is 9.79 Å². The third-order valence-corrected chi connectivity index (χ3v) is 3.71. The van der Waals surface area contributed by atoms with Crippen LogP contribution in [0.2, 0.25) is 0 Å². The van der Waals surface area contributed by atoms with E-state index in [-0.39, 0.29) is 12.5 Å². The van der Waals surface area contributed by atoms with Gasteiger partial charge in [-0.1, -0.05) is 42.5 Å². The number of nitrogens with zero attached hydrogens (tertiary/aromatic N) is 2. The van der Waals surface area contributed by atoms with E-state index in [0.717, 1.165) is 12.2 Å². The molecule has 0 aromatic heterocycles. The molecular weight excluding hydrogens is 300 g/mol. The van der Waals surface area contributed by atoms with E-state index in [1.165, 1.54) is 11.1 Å². The lowest BCUT2D eigenvalue weighted by atomic mass is 10.1. The molecular formula is C19H24N4O. The number of anilines is 1. The van der Waals surface area contributed by atoms with Gasteiger partial charge >= 0.3 is 0 Å². The van der Waals surface area contributed by atoms with Crippen LogP contribution in [0.4, 0.5) is 5.69 Å². The molecule has 2 aromatic carbocycles. The Labute approximate surface area is 143 Å². The van der Waals surface area contributed by atoms with Crippen LogP contribution in [0.1, 0.15) is 11.1 Å². The highest BCUT2D eigenvalue weighted by molar-refractivity contribution is 5.94. The van der Waals surface area contributed by atoms with Gasteiger partial charge in [0.05, 0.1) is 6.54 Å². The van der Waals surface area contributed by atoms with Crippen LogP contribution in [0.15, 0.2) is 59.6 Å². The average Bonchev–Trinajstić information content (AvgIpc) is 2.58. The second-order valence-electron chi connectivity index (χ2n) is 5.60. The number of hydrogen-bond acceptors (Lipinski definition) is 2. The Morgan fingerprint density at radius 3 is 2.42 bits per heavy atom. The lowest BCUT2D eigenvalue weighted by Gasteiger charge is -2.22. The Kier molecular flexibility index (Phi) is 6.37. The molecule has 0 unspecified atom stereocenters. The van der Waals surface area contributed by atoms with Gasteiger partial charge in [0.25, 0.3) is 0 Å². The van der Waals surface area contributed by atoms with E-state index >= 15 is 0 Å². The fraction of sp³-hybridized carbons (Fsp3) is 0.263. The van der Waals surface area contributed by atoms with Crippen LogP contribution in [0.3, 0.4) is 0 Å². The lowest BCUT2D eigenvalue weighted by molar-refractivity contribution is -0.115. The maximum atomic E-state index is 12.0. The van der Waals surface area contributed by atoms with Crippen molar-refractivity contribution in [2.45, 2.75) is 13.5 Å². The SMILES string of the molecule is CN=C(NCC(=O)Nc1ccccc1)N(C)Cc1ccccc1C. The third kappa shape index (κ3) is 5.12. The second kappa shape index (κ2) is 8.72. The Morgan fingerprint density at radius 2 is 1.75 bits per heavy atom.